The fourth-order valence-electron chi connectivity index (χ4n) is 2.46. The van der Waals surface area contributed by atoms with Gasteiger partial charge in [-0.1, -0.05) is 23.4 Å². The number of aromatic nitrogens is 1. The van der Waals surface area contributed by atoms with Gasteiger partial charge in [0.2, 0.25) is 5.76 Å². The molecule has 0 radical (unpaired) electrons. The highest BCUT2D eigenvalue weighted by Crippen LogP contribution is 2.32. The number of hydrogen-bond donors (Lipinski definition) is 0. The van der Waals surface area contributed by atoms with E-state index >= 15 is 0 Å². The van der Waals surface area contributed by atoms with Gasteiger partial charge in [-0.15, -0.1) is 0 Å². The van der Waals surface area contributed by atoms with Crippen LogP contribution >= 0.6 is 0 Å². The Bertz CT molecular complexity index is 603. The molecule has 1 amide bonds. The fourth-order valence-corrected chi connectivity index (χ4v) is 2.46. The van der Waals surface area contributed by atoms with Crippen LogP contribution in [-0.2, 0) is 6.42 Å². The van der Waals surface area contributed by atoms with Gasteiger partial charge in [0, 0.05) is 17.8 Å². The number of amides is 1. The molecule has 0 N–H and O–H groups in total. The van der Waals surface area contributed by atoms with Gasteiger partial charge in [-0.3, -0.25) is 4.79 Å². The van der Waals surface area contributed by atoms with Gasteiger partial charge in [0.15, 0.2) is 0 Å². The third-order valence-electron chi connectivity index (χ3n) is 3.26. The van der Waals surface area contributed by atoms with E-state index in [1.54, 1.807) is 11.0 Å². The lowest BCUT2D eigenvalue weighted by atomic mass is 10.1. The number of aryl methyl sites for hydroxylation is 1. The summed E-state index contributed by atoms with van der Waals surface area (Å²) in [5.41, 5.74) is 2.90. The number of para-hydroxylation sites is 1. The van der Waals surface area contributed by atoms with Crippen molar-refractivity contribution in [2.75, 3.05) is 4.90 Å². The van der Waals surface area contributed by atoms with Crippen LogP contribution in [0.4, 0.5) is 5.69 Å². The maximum Gasteiger partial charge on any atom is 0.297 e. The van der Waals surface area contributed by atoms with Gasteiger partial charge in [-0.05, 0) is 31.9 Å². The first-order valence-corrected chi connectivity index (χ1v) is 6.01. The minimum absolute atomic E-state index is 0.118. The van der Waals surface area contributed by atoms with E-state index in [0.29, 0.717) is 5.76 Å². The van der Waals surface area contributed by atoms with Crippen LogP contribution in [0.5, 0.6) is 0 Å². The summed E-state index contributed by atoms with van der Waals surface area (Å²) >= 11 is 0. The average molecular weight is 242 g/mol. The van der Waals surface area contributed by atoms with Crippen LogP contribution in [0.3, 0.4) is 0 Å². The van der Waals surface area contributed by atoms with E-state index in [-0.39, 0.29) is 11.9 Å². The van der Waals surface area contributed by atoms with Crippen molar-refractivity contribution in [1.82, 2.24) is 5.16 Å². The molecule has 2 aromatic rings. The van der Waals surface area contributed by atoms with E-state index in [9.17, 15) is 4.79 Å². The first-order chi connectivity index (χ1) is 8.66. The molecule has 1 aliphatic rings. The highest BCUT2D eigenvalue weighted by molar-refractivity contribution is 6.06. The number of hydrogen-bond acceptors (Lipinski definition) is 3. The largest absolute Gasteiger partial charge is 0.351 e. The number of rotatable bonds is 1. The van der Waals surface area contributed by atoms with Gasteiger partial charge in [-0.2, -0.15) is 0 Å². The lowest BCUT2D eigenvalue weighted by Crippen LogP contribution is -2.35. The zero-order valence-corrected chi connectivity index (χ0v) is 10.4. The lowest BCUT2D eigenvalue weighted by molar-refractivity contribution is 0.0945. The normalized spacial score (nSPS) is 17.9. The zero-order chi connectivity index (χ0) is 12.7. The third-order valence-corrected chi connectivity index (χ3v) is 3.26. The van der Waals surface area contributed by atoms with Gasteiger partial charge in [0.25, 0.3) is 5.91 Å². The number of nitrogens with zero attached hydrogens (tertiary/aromatic N) is 2. The monoisotopic (exact) mass is 242 g/mol. The summed E-state index contributed by atoms with van der Waals surface area (Å²) in [6.07, 6.45) is 0.884. The summed E-state index contributed by atoms with van der Waals surface area (Å²) in [4.78, 5) is 14.2. The maximum absolute atomic E-state index is 12.4. The Morgan fingerprint density at radius 1 is 1.44 bits per heavy atom. The van der Waals surface area contributed by atoms with Crippen LogP contribution in [0.1, 0.15) is 28.7 Å². The fraction of sp³-hybridized carbons (Fsp3) is 0.286. The summed E-state index contributed by atoms with van der Waals surface area (Å²) in [6, 6.07) is 9.81. The lowest BCUT2D eigenvalue weighted by Gasteiger charge is -2.20. The minimum Gasteiger partial charge on any atom is -0.351 e. The molecule has 92 valence electrons. The third kappa shape index (κ3) is 1.61. The van der Waals surface area contributed by atoms with Crippen molar-refractivity contribution in [3.63, 3.8) is 0 Å². The Morgan fingerprint density at radius 2 is 2.22 bits per heavy atom. The number of fused-ring (bicyclic) bond motifs is 1. The molecule has 0 aliphatic carbocycles. The highest BCUT2D eigenvalue weighted by Gasteiger charge is 2.32. The number of anilines is 1. The molecule has 0 saturated carbocycles. The summed E-state index contributed by atoms with van der Waals surface area (Å²) in [5, 5.41) is 3.77. The number of benzene rings is 1. The van der Waals surface area contributed by atoms with Crippen molar-refractivity contribution >= 4 is 11.6 Å². The van der Waals surface area contributed by atoms with Crippen molar-refractivity contribution in [2.45, 2.75) is 26.3 Å². The molecule has 0 saturated heterocycles. The predicted molar refractivity (Wildman–Crippen MR) is 67.7 cm³/mol. The second-order valence-corrected chi connectivity index (χ2v) is 4.69. The molecule has 0 spiro atoms. The molecule has 0 unspecified atom stereocenters. The van der Waals surface area contributed by atoms with E-state index in [4.69, 9.17) is 4.52 Å². The second kappa shape index (κ2) is 3.98. The van der Waals surface area contributed by atoms with Crippen molar-refractivity contribution in [2.24, 2.45) is 0 Å². The summed E-state index contributed by atoms with van der Waals surface area (Å²) in [7, 11) is 0. The topological polar surface area (TPSA) is 46.3 Å². The first-order valence-electron chi connectivity index (χ1n) is 6.01. The molecule has 1 atom stereocenters. The van der Waals surface area contributed by atoms with Crippen molar-refractivity contribution in [1.29, 1.82) is 0 Å². The summed E-state index contributed by atoms with van der Waals surface area (Å²) in [5.74, 6) is 0.184. The Morgan fingerprint density at radius 3 is 2.94 bits per heavy atom. The molecule has 4 heteroatoms. The van der Waals surface area contributed by atoms with Gasteiger partial charge >= 0.3 is 0 Å². The molecular weight excluding hydrogens is 228 g/mol. The van der Waals surface area contributed by atoms with Crippen LogP contribution in [-0.4, -0.2) is 17.1 Å². The average Bonchev–Trinajstić information content (AvgIpc) is 2.91. The van der Waals surface area contributed by atoms with E-state index < -0.39 is 0 Å². The van der Waals surface area contributed by atoms with E-state index in [1.807, 2.05) is 32.0 Å². The van der Waals surface area contributed by atoms with Gasteiger partial charge in [-0.25, -0.2) is 0 Å². The summed E-state index contributed by atoms with van der Waals surface area (Å²) in [6.45, 7) is 3.85. The van der Waals surface area contributed by atoms with Crippen LogP contribution in [0.25, 0.3) is 0 Å². The van der Waals surface area contributed by atoms with Crippen molar-refractivity contribution < 1.29 is 9.32 Å². The number of carbonyl (C=O) groups is 1. The zero-order valence-electron chi connectivity index (χ0n) is 10.4. The van der Waals surface area contributed by atoms with Crippen LogP contribution in [0.2, 0.25) is 0 Å². The molecule has 0 fully saturated rings. The smallest absolute Gasteiger partial charge is 0.297 e. The molecule has 4 nitrogen and oxygen atoms in total. The molecule has 2 heterocycles. The minimum atomic E-state index is -0.118. The van der Waals surface area contributed by atoms with Gasteiger partial charge < -0.3 is 9.42 Å². The predicted octanol–water partition coefficient (Wildman–Crippen LogP) is 2.57. The first kappa shape index (κ1) is 11.0. The number of carbonyl (C=O) groups excluding carboxylic acids is 1. The Labute approximate surface area is 105 Å². The van der Waals surface area contributed by atoms with Crippen molar-refractivity contribution in [3.05, 3.63) is 47.3 Å². The molecule has 1 aromatic heterocycles. The van der Waals surface area contributed by atoms with Gasteiger partial charge in [0.1, 0.15) is 0 Å². The molecule has 1 aliphatic heterocycles. The quantitative estimate of drug-likeness (QED) is 0.772. The van der Waals surface area contributed by atoms with E-state index in [0.717, 1.165) is 17.8 Å². The molecular formula is C14H14N2O2. The van der Waals surface area contributed by atoms with Crippen LogP contribution in [0, 0.1) is 6.92 Å². The Balaban J connectivity index is 2.00. The molecule has 18 heavy (non-hydrogen) atoms. The van der Waals surface area contributed by atoms with Crippen LogP contribution < -0.4 is 4.90 Å². The SMILES string of the molecule is Cc1cc(C(=O)N2c3ccccc3C[C@H]2C)on1. The molecule has 0 bridgehead atoms. The molecule has 1 aromatic carbocycles. The highest BCUT2D eigenvalue weighted by atomic mass is 16.5. The second-order valence-electron chi connectivity index (χ2n) is 4.69. The van der Waals surface area contributed by atoms with Crippen LogP contribution in [0.15, 0.2) is 34.9 Å². The van der Waals surface area contributed by atoms with Crippen molar-refractivity contribution in [3.8, 4) is 0 Å². The Kier molecular flexibility index (Phi) is 2.44. The molecule has 3 rings (SSSR count). The van der Waals surface area contributed by atoms with E-state index in [2.05, 4.69) is 11.2 Å². The van der Waals surface area contributed by atoms with Gasteiger partial charge in [0.05, 0.1) is 5.69 Å². The van der Waals surface area contributed by atoms with E-state index in [1.165, 1.54) is 5.56 Å². The standard InChI is InChI=1S/C14H14N2O2/c1-9-7-13(18-15-9)14(17)16-10(2)8-11-5-3-4-6-12(11)16/h3-7,10H,8H2,1-2H3/t10-/m1/s1. The summed E-state index contributed by atoms with van der Waals surface area (Å²) < 4.78 is 5.06. The maximum atomic E-state index is 12.4. The Hall–Kier alpha value is -2.10.